The third kappa shape index (κ3) is 3.67. The lowest BCUT2D eigenvalue weighted by atomic mass is 10.3. The zero-order chi connectivity index (χ0) is 12.0. The van der Waals surface area contributed by atoms with E-state index in [1.165, 1.54) is 0 Å². The fourth-order valence-corrected chi connectivity index (χ4v) is 1.23. The molecule has 1 amide bonds. The van der Waals surface area contributed by atoms with Crippen LogP contribution in [0.2, 0.25) is 0 Å². The number of ether oxygens (including phenoxy) is 1. The van der Waals surface area contributed by atoms with Crippen molar-refractivity contribution in [3.63, 3.8) is 0 Å². The molecule has 0 bridgehead atoms. The van der Waals surface area contributed by atoms with Gasteiger partial charge in [0.2, 0.25) is 0 Å². The molecule has 1 aromatic rings. The summed E-state index contributed by atoms with van der Waals surface area (Å²) in [6.07, 6.45) is 0.781. The highest BCUT2D eigenvalue weighted by Gasteiger charge is 2.12. The van der Waals surface area contributed by atoms with E-state index < -0.39 is 0 Å². The van der Waals surface area contributed by atoms with Gasteiger partial charge in [-0.05, 0) is 25.5 Å². The molecule has 0 radical (unpaired) electrons. The number of rotatable bonds is 6. The topological polar surface area (TPSA) is 77.5 Å². The number of methoxy groups -OCH3 is 1. The van der Waals surface area contributed by atoms with E-state index in [0.717, 1.165) is 6.42 Å². The Morgan fingerprint density at radius 3 is 2.94 bits per heavy atom. The third-order valence-electron chi connectivity index (χ3n) is 2.11. The summed E-state index contributed by atoms with van der Waals surface area (Å²) < 4.78 is 10.2. The summed E-state index contributed by atoms with van der Waals surface area (Å²) in [5, 5.41) is 2.73. The number of carbonyl (C=O) groups is 1. The summed E-state index contributed by atoms with van der Waals surface area (Å²) >= 11 is 0. The quantitative estimate of drug-likeness (QED) is 0.711. The average molecular weight is 226 g/mol. The van der Waals surface area contributed by atoms with Crippen molar-refractivity contribution in [1.82, 2.24) is 5.32 Å². The molecule has 0 spiro atoms. The van der Waals surface area contributed by atoms with Crippen LogP contribution in [0, 0.1) is 0 Å². The van der Waals surface area contributed by atoms with Crippen LogP contribution in [0.1, 0.15) is 35.7 Å². The van der Waals surface area contributed by atoms with Crippen molar-refractivity contribution in [1.29, 1.82) is 0 Å². The van der Waals surface area contributed by atoms with E-state index in [1.807, 2.05) is 0 Å². The van der Waals surface area contributed by atoms with Gasteiger partial charge in [-0.3, -0.25) is 4.79 Å². The molecule has 1 heterocycles. The Kier molecular flexibility index (Phi) is 5.01. The van der Waals surface area contributed by atoms with E-state index in [4.69, 9.17) is 14.9 Å². The third-order valence-corrected chi connectivity index (χ3v) is 2.11. The van der Waals surface area contributed by atoms with Crippen LogP contribution in [-0.4, -0.2) is 26.2 Å². The number of furan rings is 1. The lowest BCUT2D eigenvalue weighted by Crippen LogP contribution is -2.24. The van der Waals surface area contributed by atoms with Gasteiger partial charge in [-0.15, -0.1) is 0 Å². The minimum Gasteiger partial charge on any atom is -0.454 e. The number of nitrogens with two attached hydrogens (primary N) is 1. The summed E-state index contributed by atoms with van der Waals surface area (Å²) in [5.41, 5.74) is 5.62. The lowest BCUT2D eigenvalue weighted by Gasteiger charge is -2.02. The predicted molar refractivity (Wildman–Crippen MR) is 60.1 cm³/mol. The van der Waals surface area contributed by atoms with Crippen LogP contribution < -0.4 is 11.1 Å². The molecule has 0 aromatic carbocycles. The van der Waals surface area contributed by atoms with Gasteiger partial charge < -0.3 is 20.2 Å². The van der Waals surface area contributed by atoms with Crippen LogP contribution in [0.5, 0.6) is 0 Å². The van der Waals surface area contributed by atoms with Gasteiger partial charge in [0, 0.05) is 20.3 Å². The highest BCUT2D eigenvalue weighted by atomic mass is 16.5. The Morgan fingerprint density at radius 2 is 2.38 bits per heavy atom. The van der Waals surface area contributed by atoms with Gasteiger partial charge in [0.05, 0.1) is 6.04 Å². The molecule has 0 saturated heterocycles. The molecule has 0 saturated carbocycles. The van der Waals surface area contributed by atoms with Crippen molar-refractivity contribution in [3.05, 3.63) is 23.7 Å². The van der Waals surface area contributed by atoms with Gasteiger partial charge in [-0.1, -0.05) is 0 Å². The van der Waals surface area contributed by atoms with Crippen LogP contribution in [0.3, 0.4) is 0 Å². The molecule has 0 fully saturated rings. The maximum atomic E-state index is 11.6. The van der Waals surface area contributed by atoms with E-state index in [2.05, 4.69) is 5.32 Å². The minimum atomic E-state index is -0.219. The smallest absolute Gasteiger partial charge is 0.286 e. The van der Waals surface area contributed by atoms with E-state index >= 15 is 0 Å². The van der Waals surface area contributed by atoms with Gasteiger partial charge in [0.1, 0.15) is 5.76 Å². The van der Waals surface area contributed by atoms with Crippen LogP contribution >= 0.6 is 0 Å². The van der Waals surface area contributed by atoms with Crippen LogP contribution in [0.25, 0.3) is 0 Å². The van der Waals surface area contributed by atoms with Crippen molar-refractivity contribution in [2.75, 3.05) is 20.3 Å². The Hall–Kier alpha value is -1.33. The normalized spacial score (nSPS) is 12.4. The van der Waals surface area contributed by atoms with E-state index in [1.54, 1.807) is 26.2 Å². The second kappa shape index (κ2) is 6.30. The van der Waals surface area contributed by atoms with Crippen molar-refractivity contribution in [2.45, 2.75) is 19.4 Å². The van der Waals surface area contributed by atoms with Crippen molar-refractivity contribution in [2.24, 2.45) is 5.73 Å². The predicted octanol–water partition coefficient (Wildman–Crippen LogP) is 1.07. The largest absolute Gasteiger partial charge is 0.454 e. The monoisotopic (exact) mass is 226 g/mol. The van der Waals surface area contributed by atoms with Gasteiger partial charge in [0.25, 0.3) is 5.91 Å². The summed E-state index contributed by atoms with van der Waals surface area (Å²) in [5.74, 6) is 0.690. The summed E-state index contributed by atoms with van der Waals surface area (Å²) in [6, 6.07) is 3.15. The molecule has 16 heavy (non-hydrogen) atoms. The van der Waals surface area contributed by atoms with Gasteiger partial charge in [-0.2, -0.15) is 0 Å². The molecule has 0 aliphatic carbocycles. The number of carbonyl (C=O) groups excluding carboxylic acids is 1. The Labute approximate surface area is 94.9 Å². The maximum absolute atomic E-state index is 11.6. The van der Waals surface area contributed by atoms with Crippen LogP contribution in [-0.2, 0) is 4.74 Å². The summed E-state index contributed by atoms with van der Waals surface area (Å²) in [4.78, 5) is 11.6. The molecule has 5 heteroatoms. The number of amides is 1. The fraction of sp³-hybridized carbons (Fsp3) is 0.545. The molecular formula is C11H18N2O3. The van der Waals surface area contributed by atoms with Gasteiger partial charge in [-0.25, -0.2) is 0 Å². The standard InChI is InChI=1S/C11H18N2O3/c1-8(12)9-4-5-10(16-9)11(14)13-6-3-7-15-2/h4-5,8H,3,6-7,12H2,1-2H3,(H,13,14). The van der Waals surface area contributed by atoms with E-state index in [9.17, 15) is 4.79 Å². The zero-order valence-electron chi connectivity index (χ0n) is 9.66. The van der Waals surface area contributed by atoms with Crippen molar-refractivity contribution < 1.29 is 13.9 Å². The molecule has 0 aliphatic rings. The highest BCUT2D eigenvalue weighted by Crippen LogP contribution is 2.13. The number of nitrogens with one attached hydrogen (secondary N) is 1. The first-order valence-electron chi connectivity index (χ1n) is 5.27. The first-order valence-corrected chi connectivity index (χ1v) is 5.27. The molecular weight excluding hydrogens is 208 g/mol. The van der Waals surface area contributed by atoms with Gasteiger partial charge >= 0.3 is 0 Å². The molecule has 1 unspecified atom stereocenters. The Morgan fingerprint density at radius 1 is 1.62 bits per heavy atom. The fourth-order valence-electron chi connectivity index (χ4n) is 1.23. The van der Waals surface area contributed by atoms with Gasteiger partial charge in [0.15, 0.2) is 5.76 Å². The Balaban J connectivity index is 2.40. The maximum Gasteiger partial charge on any atom is 0.286 e. The molecule has 1 rings (SSSR count). The van der Waals surface area contributed by atoms with Crippen LogP contribution in [0.15, 0.2) is 16.5 Å². The first kappa shape index (κ1) is 12.7. The van der Waals surface area contributed by atoms with Crippen LogP contribution in [0.4, 0.5) is 0 Å². The minimum absolute atomic E-state index is 0.199. The molecule has 90 valence electrons. The molecule has 1 aromatic heterocycles. The average Bonchev–Trinajstić information content (AvgIpc) is 2.73. The summed E-state index contributed by atoms with van der Waals surface area (Å²) in [7, 11) is 1.63. The van der Waals surface area contributed by atoms with E-state index in [0.29, 0.717) is 24.7 Å². The Bertz CT molecular complexity index is 334. The van der Waals surface area contributed by atoms with Crippen molar-refractivity contribution >= 4 is 5.91 Å². The first-order chi connectivity index (χ1) is 7.65. The molecule has 5 nitrogen and oxygen atoms in total. The number of hydrogen-bond donors (Lipinski definition) is 2. The molecule has 0 aliphatic heterocycles. The van der Waals surface area contributed by atoms with E-state index in [-0.39, 0.29) is 11.9 Å². The second-order valence-electron chi connectivity index (χ2n) is 3.59. The molecule has 1 atom stereocenters. The second-order valence-corrected chi connectivity index (χ2v) is 3.59. The highest BCUT2D eigenvalue weighted by molar-refractivity contribution is 5.91. The summed E-state index contributed by atoms with van der Waals surface area (Å²) in [6.45, 7) is 3.00. The lowest BCUT2D eigenvalue weighted by molar-refractivity contribution is 0.0918. The molecule has 3 N–H and O–H groups in total. The SMILES string of the molecule is COCCCNC(=O)c1ccc(C(C)N)o1. The number of hydrogen-bond acceptors (Lipinski definition) is 4. The zero-order valence-corrected chi connectivity index (χ0v) is 9.66. The van der Waals surface area contributed by atoms with Crippen molar-refractivity contribution in [3.8, 4) is 0 Å².